The number of carbonyl (C=O) groups is 3. The number of hydrogen-bond donors (Lipinski definition) is 2. The fraction of sp³-hybridized carbons (Fsp3) is 0.348. The number of benzene rings is 2. The van der Waals surface area contributed by atoms with Gasteiger partial charge in [-0.05, 0) is 50.1 Å². The highest BCUT2D eigenvalue weighted by atomic mass is 16.6. The number of nitrogens with one attached hydrogen (secondary N) is 2. The highest BCUT2D eigenvalue weighted by Gasteiger charge is 2.27. The largest absolute Gasteiger partial charge is 0.462 e. The quantitative estimate of drug-likeness (QED) is 0.345. The van der Waals surface area contributed by atoms with Gasteiger partial charge in [-0.15, -0.1) is 0 Å². The molecule has 0 aliphatic rings. The molecule has 2 amide bonds. The van der Waals surface area contributed by atoms with E-state index in [2.05, 4.69) is 10.6 Å². The van der Waals surface area contributed by atoms with Gasteiger partial charge >= 0.3 is 5.97 Å². The molecule has 0 aliphatic heterocycles. The Balaban J connectivity index is 2.16. The first-order valence-electron chi connectivity index (χ1n) is 10.3. The summed E-state index contributed by atoms with van der Waals surface area (Å²) in [7, 11) is 0. The first-order chi connectivity index (χ1) is 15.2. The molecule has 9 nitrogen and oxygen atoms in total. The molecule has 170 valence electrons. The van der Waals surface area contributed by atoms with Gasteiger partial charge in [0.25, 0.3) is 11.6 Å². The fourth-order valence-corrected chi connectivity index (χ4v) is 3.00. The minimum Gasteiger partial charge on any atom is -0.462 e. The summed E-state index contributed by atoms with van der Waals surface area (Å²) >= 11 is 0. The van der Waals surface area contributed by atoms with E-state index in [0.717, 1.165) is 0 Å². The lowest BCUT2D eigenvalue weighted by Crippen LogP contribution is -2.47. The van der Waals surface area contributed by atoms with Gasteiger partial charge in [0.15, 0.2) is 0 Å². The molecule has 2 aromatic rings. The molecule has 0 saturated heterocycles. The van der Waals surface area contributed by atoms with E-state index in [1.54, 1.807) is 26.0 Å². The topological polar surface area (TPSA) is 128 Å². The molecule has 9 heteroatoms. The van der Waals surface area contributed by atoms with Crippen LogP contribution in [-0.4, -0.2) is 35.4 Å². The van der Waals surface area contributed by atoms with Gasteiger partial charge in [-0.25, -0.2) is 4.79 Å². The third kappa shape index (κ3) is 6.13. The van der Waals surface area contributed by atoms with E-state index in [-0.39, 0.29) is 23.8 Å². The SMILES string of the molecule is CCOC(=O)c1ccc(NC(=O)C(NC(=O)c2ccc(C)c([N+](=O)[O-])c2)C(C)CC)cc1. The van der Waals surface area contributed by atoms with Crippen LogP contribution in [0, 0.1) is 23.0 Å². The van der Waals surface area contributed by atoms with Crippen molar-refractivity contribution in [2.45, 2.75) is 40.2 Å². The molecule has 2 atom stereocenters. The Morgan fingerprint density at radius 3 is 2.25 bits per heavy atom. The number of nitro groups is 1. The molecule has 0 radical (unpaired) electrons. The molecule has 0 spiro atoms. The summed E-state index contributed by atoms with van der Waals surface area (Å²) in [5.74, 6) is -1.66. The number of anilines is 1. The Kier molecular flexibility index (Phi) is 8.46. The monoisotopic (exact) mass is 441 g/mol. The van der Waals surface area contributed by atoms with Crippen LogP contribution < -0.4 is 10.6 Å². The maximum atomic E-state index is 12.9. The Labute approximate surface area is 186 Å². The minimum absolute atomic E-state index is 0.0993. The fourth-order valence-electron chi connectivity index (χ4n) is 3.00. The molecule has 0 fully saturated rings. The summed E-state index contributed by atoms with van der Waals surface area (Å²) in [5, 5.41) is 16.6. The predicted octanol–water partition coefficient (Wildman–Crippen LogP) is 3.86. The highest BCUT2D eigenvalue weighted by Crippen LogP contribution is 2.20. The van der Waals surface area contributed by atoms with Crippen molar-refractivity contribution >= 4 is 29.2 Å². The molecular formula is C23H27N3O6. The summed E-state index contributed by atoms with van der Waals surface area (Å²) in [6.07, 6.45) is 0.619. The predicted molar refractivity (Wildman–Crippen MR) is 120 cm³/mol. The lowest BCUT2D eigenvalue weighted by molar-refractivity contribution is -0.385. The standard InChI is InChI=1S/C23H27N3O6/c1-5-14(3)20(25-21(27)17-8-7-15(4)19(13-17)26(30)31)22(28)24-18-11-9-16(10-12-18)23(29)32-6-2/h7-14,20H,5-6H2,1-4H3,(H,24,28)(H,25,27). The first kappa shape index (κ1) is 24.5. The smallest absolute Gasteiger partial charge is 0.338 e. The van der Waals surface area contributed by atoms with Gasteiger partial charge in [-0.2, -0.15) is 0 Å². The van der Waals surface area contributed by atoms with Gasteiger partial charge in [0.05, 0.1) is 17.1 Å². The zero-order valence-electron chi connectivity index (χ0n) is 18.5. The van der Waals surface area contributed by atoms with E-state index < -0.39 is 28.7 Å². The summed E-state index contributed by atoms with van der Waals surface area (Å²) < 4.78 is 4.93. The van der Waals surface area contributed by atoms with E-state index in [1.165, 1.54) is 30.3 Å². The lowest BCUT2D eigenvalue weighted by Gasteiger charge is -2.23. The number of carbonyl (C=O) groups excluding carboxylic acids is 3. The van der Waals surface area contributed by atoms with Crippen LogP contribution in [0.2, 0.25) is 0 Å². The average Bonchev–Trinajstić information content (AvgIpc) is 2.77. The molecular weight excluding hydrogens is 414 g/mol. The Morgan fingerprint density at radius 1 is 1.06 bits per heavy atom. The van der Waals surface area contributed by atoms with Crippen molar-refractivity contribution in [3.8, 4) is 0 Å². The number of hydrogen-bond acceptors (Lipinski definition) is 6. The van der Waals surface area contributed by atoms with Crippen LogP contribution in [0.5, 0.6) is 0 Å². The molecule has 2 rings (SSSR count). The molecule has 2 N–H and O–H groups in total. The maximum absolute atomic E-state index is 12.9. The van der Waals surface area contributed by atoms with Crippen molar-refractivity contribution in [2.75, 3.05) is 11.9 Å². The third-order valence-electron chi connectivity index (χ3n) is 5.11. The minimum atomic E-state index is -0.863. The molecule has 0 aromatic heterocycles. The Bertz CT molecular complexity index is 1000. The van der Waals surface area contributed by atoms with Crippen molar-refractivity contribution in [3.05, 3.63) is 69.3 Å². The number of ether oxygens (including phenoxy) is 1. The van der Waals surface area contributed by atoms with E-state index in [9.17, 15) is 24.5 Å². The summed E-state index contributed by atoms with van der Waals surface area (Å²) in [6, 6.07) is 9.54. The molecule has 0 aliphatic carbocycles. The van der Waals surface area contributed by atoms with E-state index >= 15 is 0 Å². The summed E-state index contributed by atoms with van der Waals surface area (Å²) in [6.45, 7) is 7.28. The molecule has 0 saturated carbocycles. The number of amides is 2. The van der Waals surface area contributed by atoms with Gasteiger partial charge in [0.1, 0.15) is 6.04 Å². The van der Waals surface area contributed by atoms with Crippen molar-refractivity contribution < 1.29 is 24.0 Å². The number of nitro benzene ring substituents is 1. The van der Waals surface area contributed by atoms with Gasteiger partial charge < -0.3 is 15.4 Å². The zero-order valence-corrected chi connectivity index (χ0v) is 18.5. The molecule has 2 unspecified atom stereocenters. The number of rotatable bonds is 9. The second-order valence-corrected chi connectivity index (χ2v) is 7.38. The van der Waals surface area contributed by atoms with Crippen molar-refractivity contribution in [1.82, 2.24) is 5.32 Å². The molecule has 0 heterocycles. The van der Waals surface area contributed by atoms with Crippen molar-refractivity contribution in [1.29, 1.82) is 0 Å². The van der Waals surface area contributed by atoms with Gasteiger partial charge in [0, 0.05) is 22.9 Å². The number of esters is 1. The van der Waals surface area contributed by atoms with Crippen LogP contribution in [0.3, 0.4) is 0 Å². The molecule has 0 bridgehead atoms. The molecule has 32 heavy (non-hydrogen) atoms. The normalized spacial score (nSPS) is 12.4. The van der Waals surface area contributed by atoms with Crippen LogP contribution in [0.1, 0.15) is 53.5 Å². The summed E-state index contributed by atoms with van der Waals surface area (Å²) in [4.78, 5) is 48.0. The second-order valence-electron chi connectivity index (χ2n) is 7.38. The molecule has 2 aromatic carbocycles. The van der Waals surface area contributed by atoms with Gasteiger partial charge in [0.2, 0.25) is 5.91 Å². The van der Waals surface area contributed by atoms with Crippen LogP contribution in [-0.2, 0) is 9.53 Å². The number of aryl methyl sites for hydroxylation is 1. The van der Waals surface area contributed by atoms with Gasteiger partial charge in [-0.1, -0.05) is 26.3 Å². The summed E-state index contributed by atoms with van der Waals surface area (Å²) in [5.41, 5.74) is 1.19. The second kappa shape index (κ2) is 11.0. The third-order valence-corrected chi connectivity index (χ3v) is 5.11. The van der Waals surface area contributed by atoms with Crippen LogP contribution in [0.25, 0.3) is 0 Å². The average molecular weight is 441 g/mol. The van der Waals surface area contributed by atoms with Crippen LogP contribution >= 0.6 is 0 Å². The van der Waals surface area contributed by atoms with E-state index in [4.69, 9.17) is 4.74 Å². The Morgan fingerprint density at radius 2 is 1.69 bits per heavy atom. The van der Waals surface area contributed by atoms with E-state index in [1.807, 2.05) is 13.8 Å². The van der Waals surface area contributed by atoms with Crippen molar-refractivity contribution in [2.24, 2.45) is 5.92 Å². The maximum Gasteiger partial charge on any atom is 0.338 e. The van der Waals surface area contributed by atoms with E-state index in [0.29, 0.717) is 23.2 Å². The van der Waals surface area contributed by atoms with Gasteiger partial charge in [-0.3, -0.25) is 19.7 Å². The van der Waals surface area contributed by atoms with Crippen LogP contribution in [0.4, 0.5) is 11.4 Å². The lowest BCUT2D eigenvalue weighted by atomic mass is 9.97. The Hall–Kier alpha value is -3.75. The van der Waals surface area contributed by atoms with Crippen LogP contribution in [0.15, 0.2) is 42.5 Å². The number of nitrogens with zero attached hydrogens (tertiary/aromatic N) is 1. The first-order valence-corrected chi connectivity index (χ1v) is 10.3. The highest BCUT2D eigenvalue weighted by molar-refractivity contribution is 6.01. The van der Waals surface area contributed by atoms with Crippen molar-refractivity contribution in [3.63, 3.8) is 0 Å². The zero-order chi connectivity index (χ0) is 23.8.